The lowest BCUT2D eigenvalue weighted by Crippen LogP contribution is -2.39. The molecule has 17 heavy (non-hydrogen) atoms. The van der Waals surface area contributed by atoms with Crippen LogP contribution >= 0.6 is 12.4 Å². The van der Waals surface area contributed by atoms with Gasteiger partial charge in [0.2, 0.25) is 5.91 Å². The standard InChI is InChI=1S/C13H24N2O.ClH/c14-11-13(6-2-1-3-7-13)10-12(16)15-8-4-5-9-15;/h1-11,14H2;1H. The molecule has 0 radical (unpaired) electrons. The zero-order chi connectivity index (χ0) is 11.4. The first-order valence-corrected chi connectivity index (χ1v) is 6.74. The van der Waals surface area contributed by atoms with E-state index in [2.05, 4.69) is 0 Å². The molecule has 0 bridgehead atoms. The fourth-order valence-corrected chi connectivity index (χ4v) is 3.15. The van der Waals surface area contributed by atoms with Gasteiger partial charge in [0.05, 0.1) is 0 Å². The van der Waals surface area contributed by atoms with Crippen molar-refractivity contribution >= 4 is 18.3 Å². The Labute approximate surface area is 111 Å². The number of hydrogen-bond acceptors (Lipinski definition) is 2. The highest BCUT2D eigenvalue weighted by Crippen LogP contribution is 2.38. The van der Waals surface area contributed by atoms with Crippen molar-refractivity contribution in [2.24, 2.45) is 11.1 Å². The van der Waals surface area contributed by atoms with Gasteiger partial charge in [-0.1, -0.05) is 19.3 Å². The number of carbonyl (C=O) groups is 1. The highest BCUT2D eigenvalue weighted by atomic mass is 35.5. The summed E-state index contributed by atoms with van der Waals surface area (Å²) in [6, 6.07) is 0. The molecule has 1 saturated carbocycles. The minimum Gasteiger partial charge on any atom is -0.343 e. The summed E-state index contributed by atoms with van der Waals surface area (Å²) in [4.78, 5) is 14.2. The van der Waals surface area contributed by atoms with E-state index in [1.807, 2.05) is 4.90 Å². The molecule has 0 aromatic heterocycles. The predicted molar refractivity (Wildman–Crippen MR) is 72.3 cm³/mol. The Morgan fingerprint density at radius 2 is 1.65 bits per heavy atom. The third-order valence-corrected chi connectivity index (χ3v) is 4.33. The molecule has 4 heteroatoms. The summed E-state index contributed by atoms with van der Waals surface area (Å²) in [7, 11) is 0. The summed E-state index contributed by atoms with van der Waals surface area (Å²) in [5.41, 5.74) is 6.05. The van der Waals surface area contributed by atoms with E-state index >= 15 is 0 Å². The number of nitrogens with zero attached hydrogens (tertiary/aromatic N) is 1. The minimum absolute atomic E-state index is 0. The van der Waals surface area contributed by atoms with Crippen molar-refractivity contribution < 1.29 is 4.79 Å². The Morgan fingerprint density at radius 3 is 2.18 bits per heavy atom. The monoisotopic (exact) mass is 260 g/mol. The molecule has 1 aliphatic carbocycles. The lowest BCUT2D eigenvalue weighted by atomic mass is 9.71. The zero-order valence-electron chi connectivity index (χ0n) is 10.6. The van der Waals surface area contributed by atoms with Crippen LogP contribution in [0, 0.1) is 5.41 Å². The fraction of sp³-hybridized carbons (Fsp3) is 0.923. The first kappa shape index (κ1) is 14.8. The fourth-order valence-electron chi connectivity index (χ4n) is 3.15. The third kappa shape index (κ3) is 3.59. The molecular weight excluding hydrogens is 236 g/mol. The van der Waals surface area contributed by atoms with Gasteiger partial charge in [0.15, 0.2) is 0 Å². The average molecular weight is 261 g/mol. The zero-order valence-corrected chi connectivity index (χ0v) is 11.4. The summed E-state index contributed by atoms with van der Waals surface area (Å²) in [5.74, 6) is 0.352. The van der Waals surface area contributed by atoms with Crippen molar-refractivity contribution in [3.63, 3.8) is 0 Å². The van der Waals surface area contributed by atoms with Crippen LogP contribution in [0.25, 0.3) is 0 Å². The lowest BCUT2D eigenvalue weighted by Gasteiger charge is -2.36. The van der Waals surface area contributed by atoms with Crippen LogP contribution in [0.5, 0.6) is 0 Å². The number of nitrogens with two attached hydrogens (primary N) is 1. The Hall–Kier alpha value is -0.280. The van der Waals surface area contributed by atoms with Crippen molar-refractivity contribution in [1.29, 1.82) is 0 Å². The van der Waals surface area contributed by atoms with E-state index in [1.165, 1.54) is 32.1 Å². The molecule has 1 saturated heterocycles. The topological polar surface area (TPSA) is 46.3 Å². The van der Waals surface area contributed by atoms with Crippen LogP contribution < -0.4 is 5.73 Å². The quantitative estimate of drug-likeness (QED) is 0.847. The van der Waals surface area contributed by atoms with Gasteiger partial charge in [0, 0.05) is 19.5 Å². The maximum absolute atomic E-state index is 12.1. The van der Waals surface area contributed by atoms with E-state index in [4.69, 9.17) is 5.73 Å². The number of carbonyl (C=O) groups excluding carboxylic acids is 1. The second kappa shape index (κ2) is 6.60. The molecule has 2 N–H and O–H groups in total. The van der Waals surface area contributed by atoms with Crippen LogP contribution in [0.3, 0.4) is 0 Å². The Kier molecular flexibility index (Phi) is 5.74. The van der Waals surface area contributed by atoms with Gasteiger partial charge in [-0.3, -0.25) is 4.79 Å². The van der Waals surface area contributed by atoms with E-state index in [-0.39, 0.29) is 17.8 Å². The van der Waals surface area contributed by atoms with Gasteiger partial charge in [-0.2, -0.15) is 0 Å². The minimum atomic E-state index is 0. The van der Waals surface area contributed by atoms with Crippen LogP contribution in [0.4, 0.5) is 0 Å². The molecule has 1 aliphatic heterocycles. The molecule has 3 nitrogen and oxygen atoms in total. The van der Waals surface area contributed by atoms with Gasteiger partial charge in [-0.25, -0.2) is 0 Å². The van der Waals surface area contributed by atoms with E-state index in [1.54, 1.807) is 0 Å². The summed E-state index contributed by atoms with van der Waals surface area (Å²) < 4.78 is 0. The van der Waals surface area contributed by atoms with Crippen LogP contribution in [-0.4, -0.2) is 30.4 Å². The third-order valence-electron chi connectivity index (χ3n) is 4.33. The van der Waals surface area contributed by atoms with Gasteiger partial charge >= 0.3 is 0 Å². The largest absolute Gasteiger partial charge is 0.343 e. The highest BCUT2D eigenvalue weighted by molar-refractivity contribution is 5.85. The molecule has 0 spiro atoms. The molecule has 1 heterocycles. The Balaban J connectivity index is 0.00000144. The van der Waals surface area contributed by atoms with Crippen LogP contribution in [0.1, 0.15) is 51.4 Å². The van der Waals surface area contributed by atoms with Crippen molar-refractivity contribution in [2.45, 2.75) is 51.4 Å². The van der Waals surface area contributed by atoms with Gasteiger partial charge in [-0.15, -0.1) is 12.4 Å². The Morgan fingerprint density at radius 1 is 1.06 bits per heavy atom. The summed E-state index contributed by atoms with van der Waals surface area (Å²) in [6.45, 7) is 2.63. The normalized spacial score (nSPS) is 23.2. The van der Waals surface area contributed by atoms with Gasteiger partial charge in [-0.05, 0) is 37.6 Å². The maximum Gasteiger partial charge on any atom is 0.223 e. The van der Waals surface area contributed by atoms with Crippen molar-refractivity contribution in [3.8, 4) is 0 Å². The molecule has 100 valence electrons. The molecule has 0 aromatic rings. The van der Waals surface area contributed by atoms with Crippen LogP contribution in [0.2, 0.25) is 0 Å². The first-order chi connectivity index (χ1) is 7.76. The molecule has 1 amide bonds. The molecular formula is C13H25ClN2O. The smallest absolute Gasteiger partial charge is 0.223 e. The molecule has 0 atom stereocenters. The number of amides is 1. The van der Waals surface area contributed by atoms with E-state index in [9.17, 15) is 4.79 Å². The molecule has 0 aromatic carbocycles. The van der Waals surface area contributed by atoms with Gasteiger partial charge in [0.25, 0.3) is 0 Å². The summed E-state index contributed by atoms with van der Waals surface area (Å²) in [6.07, 6.45) is 9.20. The maximum atomic E-state index is 12.1. The second-order valence-corrected chi connectivity index (χ2v) is 5.53. The predicted octanol–water partition coefficient (Wildman–Crippen LogP) is 2.33. The van der Waals surface area contributed by atoms with E-state index < -0.39 is 0 Å². The first-order valence-electron chi connectivity index (χ1n) is 6.74. The van der Waals surface area contributed by atoms with Crippen LogP contribution in [-0.2, 0) is 4.79 Å². The number of likely N-dealkylation sites (tertiary alicyclic amines) is 1. The van der Waals surface area contributed by atoms with E-state index in [0.717, 1.165) is 25.9 Å². The lowest BCUT2D eigenvalue weighted by molar-refractivity contribution is -0.133. The highest BCUT2D eigenvalue weighted by Gasteiger charge is 2.34. The van der Waals surface area contributed by atoms with Crippen molar-refractivity contribution in [1.82, 2.24) is 4.90 Å². The SMILES string of the molecule is Cl.NCC1(CC(=O)N2CCCC2)CCCCC1. The molecule has 2 fully saturated rings. The van der Waals surface area contributed by atoms with Crippen molar-refractivity contribution in [2.75, 3.05) is 19.6 Å². The second-order valence-electron chi connectivity index (χ2n) is 5.53. The molecule has 0 unspecified atom stereocenters. The summed E-state index contributed by atoms with van der Waals surface area (Å²) in [5, 5.41) is 0. The number of halogens is 1. The molecule has 2 aliphatic rings. The number of hydrogen-bond donors (Lipinski definition) is 1. The Bertz CT molecular complexity index is 246. The molecule has 2 rings (SSSR count). The summed E-state index contributed by atoms with van der Waals surface area (Å²) >= 11 is 0. The van der Waals surface area contributed by atoms with Crippen LogP contribution in [0.15, 0.2) is 0 Å². The van der Waals surface area contributed by atoms with E-state index in [0.29, 0.717) is 18.9 Å². The van der Waals surface area contributed by atoms with Crippen molar-refractivity contribution in [3.05, 3.63) is 0 Å². The van der Waals surface area contributed by atoms with Gasteiger partial charge < -0.3 is 10.6 Å². The number of rotatable bonds is 3. The average Bonchev–Trinajstić information content (AvgIpc) is 2.84. The van der Waals surface area contributed by atoms with Gasteiger partial charge in [0.1, 0.15) is 0 Å².